The number of halogens is 4. The Labute approximate surface area is 224 Å². The Morgan fingerprint density at radius 1 is 0.975 bits per heavy atom. The average Bonchev–Trinajstić information content (AvgIpc) is 2.97. The lowest BCUT2D eigenvalue weighted by atomic mass is 10.0. The number of alkyl halides is 3. The normalized spacial score (nSPS) is 13.6. The number of nitrogens with zero attached hydrogens (tertiary/aromatic N) is 6. The summed E-state index contributed by atoms with van der Waals surface area (Å²) in [6.07, 6.45) is 0.210. The minimum absolute atomic E-state index is 0.00338. The van der Waals surface area contributed by atoms with Crippen LogP contribution in [0.3, 0.4) is 0 Å². The van der Waals surface area contributed by atoms with E-state index in [0.717, 1.165) is 12.3 Å². The highest BCUT2D eigenvalue weighted by Gasteiger charge is 2.34. The molecule has 1 amide bonds. The third kappa shape index (κ3) is 6.20. The highest BCUT2D eigenvalue weighted by atomic mass is 19.4. The van der Waals surface area contributed by atoms with Crippen molar-refractivity contribution in [2.45, 2.75) is 6.18 Å². The first-order valence-corrected chi connectivity index (χ1v) is 11.9. The van der Waals surface area contributed by atoms with Crippen LogP contribution in [0.15, 0.2) is 61.3 Å². The van der Waals surface area contributed by atoms with Crippen molar-refractivity contribution in [1.82, 2.24) is 30.3 Å². The lowest BCUT2D eigenvalue weighted by Gasteiger charge is -2.28. The van der Waals surface area contributed by atoms with Crippen molar-refractivity contribution in [3.63, 3.8) is 0 Å². The van der Waals surface area contributed by atoms with Gasteiger partial charge in [-0.2, -0.15) is 18.2 Å². The molecule has 3 aromatic heterocycles. The van der Waals surface area contributed by atoms with Gasteiger partial charge in [-0.15, -0.1) is 0 Å². The molecular formula is C25H21F4N9O2. The van der Waals surface area contributed by atoms with Gasteiger partial charge in [-0.05, 0) is 30.3 Å². The smallest absolute Gasteiger partial charge is 0.378 e. The number of carbonyl (C=O) groups excluding carboxylic acids is 1. The summed E-state index contributed by atoms with van der Waals surface area (Å²) in [6.45, 7) is 1.82. The first-order valence-electron chi connectivity index (χ1n) is 11.9. The maximum absolute atomic E-state index is 14.2. The molecule has 0 aliphatic carbocycles. The van der Waals surface area contributed by atoms with Crippen LogP contribution in [-0.4, -0.2) is 57.1 Å². The molecule has 0 saturated carbocycles. The van der Waals surface area contributed by atoms with Gasteiger partial charge in [0.05, 0.1) is 42.6 Å². The molecule has 0 atom stereocenters. The summed E-state index contributed by atoms with van der Waals surface area (Å²) >= 11 is 0. The van der Waals surface area contributed by atoms with Gasteiger partial charge in [-0.1, -0.05) is 6.07 Å². The van der Waals surface area contributed by atoms with Crippen molar-refractivity contribution in [3.05, 3.63) is 78.4 Å². The van der Waals surface area contributed by atoms with Crippen LogP contribution < -0.4 is 21.1 Å². The highest BCUT2D eigenvalue weighted by molar-refractivity contribution is 5.93. The first-order chi connectivity index (χ1) is 19.3. The SMILES string of the molecule is O=C(NNc1ncc(F)c(N2CCOCC2)n1)c1ccc(Nc2ccc(-c3ccncn3)c(C(F)(F)F)c2)cn1. The summed E-state index contributed by atoms with van der Waals surface area (Å²) in [5.74, 6) is -1.18. The quantitative estimate of drug-likeness (QED) is 0.229. The number of nitrogens with one attached hydrogen (secondary N) is 3. The molecular weight excluding hydrogens is 534 g/mol. The van der Waals surface area contributed by atoms with E-state index in [1.54, 1.807) is 4.90 Å². The summed E-state index contributed by atoms with van der Waals surface area (Å²) in [7, 11) is 0. The fraction of sp³-hybridized carbons (Fsp3) is 0.200. The molecule has 1 aliphatic heterocycles. The van der Waals surface area contributed by atoms with Gasteiger partial charge in [0.25, 0.3) is 5.91 Å². The number of hydrogen-bond acceptors (Lipinski definition) is 10. The fourth-order valence-electron chi connectivity index (χ4n) is 3.89. The molecule has 5 rings (SSSR count). The van der Waals surface area contributed by atoms with Gasteiger partial charge in [0.1, 0.15) is 12.0 Å². The maximum atomic E-state index is 14.2. The van der Waals surface area contributed by atoms with Crippen LogP contribution in [0.4, 0.5) is 40.7 Å². The van der Waals surface area contributed by atoms with E-state index in [1.165, 1.54) is 49.1 Å². The molecule has 0 unspecified atom stereocenters. The fourth-order valence-corrected chi connectivity index (χ4v) is 3.89. The molecule has 0 radical (unpaired) electrons. The van der Waals surface area contributed by atoms with Crippen molar-refractivity contribution >= 4 is 29.0 Å². The van der Waals surface area contributed by atoms with Crippen LogP contribution in [0.5, 0.6) is 0 Å². The monoisotopic (exact) mass is 555 g/mol. The van der Waals surface area contributed by atoms with E-state index in [4.69, 9.17) is 4.74 Å². The van der Waals surface area contributed by atoms with E-state index in [0.29, 0.717) is 32.0 Å². The lowest BCUT2D eigenvalue weighted by Crippen LogP contribution is -2.38. The van der Waals surface area contributed by atoms with Crippen LogP contribution >= 0.6 is 0 Å². The summed E-state index contributed by atoms with van der Waals surface area (Å²) in [4.78, 5) is 33.9. The number of hydrogen-bond donors (Lipinski definition) is 3. The lowest BCUT2D eigenvalue weighted by molar-refractivity contribution is -0.137. The Balaban J connectivity index is 1.24. The van der Waals surface area contributed by atoms with Gasteiger partial charge < -0.3 is 15.0 Å². The molecule has 40 heavy (non-hydrogen) atoms. The van der Waals surface area contributed by atoms with Crippen LogP contribution in [-0.2, 0) is 10.9 Å². The average molecular weight is 555 g/mol. The van der Waals surface area contributed by atoms with Crippen molar-refractivity contribution in [1.29, 1.82) is 0 Å². The third-order valence-electron chi connectivity index (χ3n) is 5.79. The molecule has 15 heteroatoms. The first kappa shape index (κ1) is 26.7. The van der Waals surface area contributed by atoms with E-state index in [9.17, 15) is 22.4 Å². The molecule has 206 valence electrons. The number of amides is 1. The van der Waals surface area contributed by atoms with E-state index < -0.39 is 23.5 Å². The molecule has 3 N–H and O–H groups in total. The number of morpholine rings is 1. The van der Waals surface area contributed by atoms with Crippen LogP contribution in [0.1, 0.15) is 16.1 Å². The Morgan fingerprint density at radius 2 is 1.77 bits per heavy atom. The summed E-state index contributed by atoms with van der Waals surface area (Å²) in [6, 6.07) is 8.02. The number of anilines is 4. The van der Waals surface area contributed by atoms with Gasteiger partial charge in [0.2, 0.25) is 5.95 Å². The molecule has 1 aromatic carbocycles. The Bertz CT molecular complexity index is 1480. The molecule has 0 bridgehead atoms. The van der Waals surface area contributed by atoms with Crippen LogP contribution in [0.2, 0.25) is 0 Å². The molecule has 1 fully saturated rings. The van der Waals surface area contributed by atoms with E-state index in [2.05, 4.69) is 41.1 Å². The van der Waals surface area contributed by atoms with Gasteiger partial charge in [0.15, 0.2) is 11.6 Å². The van der Waals surface area contributed by atoms with Gasteiger partial charge in [0, 0.05) is 30.5 Å². The minimum atomic E-state index is -4.62. The Kier molecular flexibility index (Phi) is 7.63. The topological polar surface area (TPSA) is 130 Å². The number of pyridine rings is 1. The Hall–Kier alpha value is -4.92. The molecule has 4 heterocycles. The van der Waals surface area contributed by atoms with Gasteiger partial charge in [-0.3, -0.25) is 15.6 Å². The third-order valence-corrected chi connectivity index (χ3v) is 5.79. The summed E-state index contributed by atoms with van der Waals surface area (Å²) < 4.78 is 60.7. The van der Waals surface area contributed by atoms with E-state index in [1.807, 2.05) is 0 Å². The molecule has 1 aliphatic rings. The summed E-state index contributed by atoms with van der Waals surface area (Å²) in [5.41, 5.74) is 4.61. The molecule has 11 nitrogen and oxygen atoms in total. The zero-order chi connectivity index (χ0) is 28.1. The van der Waals surface area contributed by atoms with Crippen molar-refractivity contribution < 1.29 is 27.1 Å². The number of carbonyl (C=O) groups is 1. The number of rotatable bonds is 7. The number of hydrazine groups is 1. The zero-order valence-corrected chi connectivity index (χ0v) is 20.6. The highest BCUT2D eigenvalue weighted by Crippen LogP contribution is 2.38. The Morgan fingerprint density at radius 3 is 2.48 bits per heavy atom. The predicted octanol–water partition coefficient (Wildman–Crippen LogP) is 3.82. The van der Waals surface area contributed by atoms with Crippen molar-refractivity contribution in [3.8, 4) is 11.3 Å². The van der Waals surface area contributed by atoms with E-state index >= 15 is 0 Å². The number of aromatic nitrogens is 5. The van der Waals surface area contributed by atoms with Crippen LogP contribution in [0, 0.1) is 5.82 Å². The van der Waals surface area contributed by atoms with Crippen LogP contribution in [0.25, 0.3) is 11.3 Å². The predicted molar refractivity (Wildman–Crippen MR) is 136 cm³/mol. The standard InChI is InChI=1S/C25H21F4N9O2/c26-19-13-32-24(35-22(19)38-7-9-40-10-8-38)37-36-23(39)21-4-2-16(12-31-21)34-15-1-3-17(18(11-15)25(27,28)29)20-5-6-30-14-33-20/h1-6,11-14,34H,7-10H2,(H,36,39)(H,32,35,37). The number of ether oxygens (including phenoxy) is 1. The molecule has 4 aromatic rings. The summed E-state index contributed by atoms with van der Waals surface area (Å²) in [5, 5.41) is 2.85. The number of benzene rings is 1. The van der Waals surface area contributed by atoms with Crippen molar-refractivity contribution in [2.75, 3.05) is 41.9 Å². The molecule has 1 saturated heterocycles. The minimum Gasteiger partial charge on any atom is -0.378 e. The zero-order valence-electron chi connectivity index (χ0n) is 20.6. The molecule has 0 spiro atoms. The van der Waals surface area contributed by atoms with Gasteiger partial charge in [-0.25, -0.2) is 24.3 Å². The second-order valence-electron chi connectivity index (χ2n) is 8.45. The second kappa shape index (κ2) is 11.4. The van der Waals surface area contributed by atoms with E-state index in [-0.39, 0.29) is 34.4 Å². The second-order valence-corrected chi connectivity index (χ2v) is 8.45. The van der Waals surface area contributed by atoms with Crippen molar-refractivity contribution in [2.24, 2.45) is 0 Å². The maximum Gasteiger partial charge on any atom is 0.417 e. The largest absolute Gasteiger partial charge is 0.417 e. The van der Waals surface area contributed by atoms with Gasteiger partial charge >= 0.3 is 6.18 Å².